The van der Waals surface area contributed by atoms with Gasteiger partial charge >= 0.3 is 0 Å². The molecule has 1 atom stereocenters. The van der Waals surface area contributed by atoms with Crippen LogP contribution in [0.4, 0.5) is 5.69 Å². The van der Waals surface area contributed by atoms with E-state index in [1.54, 1.807) is 6.07 Å². The summed E-state index contributed by atoms with van der Waals surface area (Å²) in [6, 6.07) is 5.60. The molecule has 1 aromatic carbocycles. The molecule has 1 N–H and O–H groups in total. The third-order valence-corrected chi connectivity index (χ3v) is 5.33. The van der Waals surface area contributed by atoms with Crippen LogP contribution in [0.15, 0.2) is 23.1 Å². The second-order valence-corrected chi connectivity index (χ2v) is 8.13. The predicted molar refractivity (Wildman–Crippen MR) is 83.6 cm³/mol. The number of nitrogens with zero attached hydrogens (tertiary/aromatic N) is 2. The van der Waals surface area contributed by atoms with Crippen LogP contribution in [0.5, 0.6) is 0 Å². The Morgan fingerprint density at radius 1 is 1.29 bits per heavy atom. The second-order valence-electron chi connectivity index (χ2n) is 6.14. The molecule has 1 aliphatic heterocycles. The zero-order chi connectivity index (χ0) is 15.8. The monoisotopic (exact) mass is 312 g/mol. The van der Waals surface area contributed by atoms with Crippen LogP contribution in [0, 0.1) is 12.8 Å². The first-order chi connectivity index (χ1) is 9.70. The quantitative estimate of drug-likeness (QED) is 0.924. The van der Waals surface area contributed by atoms with E-state index in [-0.39, 0.29) is 6.04 Å². The highest BCUT2D eigenvalue weighted by molar-refractivity contribution is 7.90. The lowest BCUT2D eigenvalue weighted by Gasteiger charge is -2.41. The average Bonchev–Trinajstić information content (AvgIpc) is 2.38. The van der Waals surface area contributed by atoms with Crippen molar-refractivity contribution >= 4 is 15.5 Å². The summed E-state index contributed by atoms with van der Waals surface area (Å²) in [4.78, 5) is 2.53. The number of hydrogen-bond acceptors (Lipinski definition) is 5. The van der Waals surface area contributed by atoms with Crippen LogP contribution < -0.4 is 4.90 Å². The zero-order valence-corrected chi connectivity index (χ0v) is 13.9. The van der Waals surface area contributed by atoms with Gasteiger partial charge in [0.25, 0.3) is 0 Å². The number of hydrogen-bond donors (Lipinski definition) is 1. The molecule has 6 heteroatoms. The van der Waals surface area contributed by atoms with Crippen LogP contribution in [0.2, 0.25) is 0 Å². The maximum absolute atomic E-state index is 11.8. The lowest BCUT2D eigenvalue weighted by molar-refractivity contribution is -0.142. The summed E-state index contributed by atoms with van der Waals surface area (Å²) in [5, 5.41) is 11.3. The Morgan fingerprint density at radius 2 is 1.95 bits per heavy atom. The average molecular weight is 312 g/mol. The van der Waals surface area contributed by atoms with Gasteiger partial charge in [-0.2, -0.15) is 5.06 Å². The van der Waals surface area contributed by atoms with Crippen molar-refractivity contribution < 1.29 is 13.6 Å². The Kier molecular flexibility index (Phi) is 4.60. The Labute approximate surface area is 127 Å². The smallest absolute Gasteiger partial charge is 0.175 e. The number of benzene rings is 1. The first kappa shape index (κ1) is 16.3. The molecule has 118 valence electrons. The van der Waals surface area contributed by atoms with Crippen LogP contribution >= 0.6 is 0 Å². The Hall–Kier alpha value is -1.11. The van der Waals surface area contributed by atoms with Crippen molar-refractivity contribution in [2.45, 2.75) is 31.7 Å². The molecule has 0 aliphatic carbocycles. The van der Waals surface area contributed by atoms with E-state index in [2.05, 4.69) is 18.7 Å². The fourth-order valence-electron chi connectivity index (χ4n) is 2.77. The molecule has 5 nitrogen and oxygen atoms in total. The molecule has 0 saturated carbocycles. The molecule has 0 radical (unpaired) electrons. The second kappa shape index (κ2) is 5.94. The van der Waals surface area contributed by atoms with Crippen molar-refractivity contribution in [1.29, 1.82) is 0 Å². The summed E-state index contributed by atoms with van der Waals surface area (Å²) >= 11 is 0. The minimum Gasteiger partial charge on any atom is -0.368 e. The third-order valence-electron chi connectivity index (χ3n) is 4.10. The van der Waals surface area contributed by atoms with Gasteiger partial charge in [0.2, 0.25) is 0 Å². The normalized spacial score (nSPS) is 21.0. The number of sulfone groups is 1. The molecule has 0 bridgehead atoms. The molecule has 1 aliphatic rings. The highest BCUT2D eigenvalue weighted by atomic mass is 32.2. The van der Waals surface area contributed by atoms with Gasteiger partial charge in [0.15, 0.2) is 9.84 Å². The molecular formula is C15H24N2O3S. The van der Waals surface area contributed by atoms with Gasteiger partial charge in [0.1, 0.15) is 0 Å². The molecule has 0 unspecified atom stereocenters. The SMILES string of the molecule is Cc1ccc(N2CCN(O)[C@H](C(C)C)C2)cc1S(C)(=O)=O. The number of anilines is 1. The fourth-order valence-corrected chi connectivity index (χ4v) is 3.76. The lowest BCUT2D eigenvalue weighted by atomic mass is 10.0. The molecule has 0 aromatic heterocycles. The molecular weight excluding hydrogens is 288 g/mol. The highest BCUT2D eigenvalue weighted by Gasteiger charge is 2.28. The van der Waals surface area contributed by atoms with Crippen molar-refractivity contribution in [3.63, 3.8) is 0 Å². The Bertz CT molecular complexity index is 613. The minimum absolute atomic E-state index is 0.0572. The molecule has 0 spiro atoms. The maximum Gasteiger partial charge on any atom is 0.175 e. The van der Waals surface area contributed by atoms with Gasteiger partial charge in [-0.05, 0) is 30.5 Å². The van der Waals surface area contributed by atoms with Crippen molar-refractivity contribution in [3.8, 4) is 0 Å². The summed E-state index contributed by atoms with van der Waals surface area (Å²) in [6.45, 7) is 7.91. The summed E-state index contributed by atoms with van der Waals surface area (Å²) in [5.74, 6) is 0.331. The predicted octanol–water partition coefficient (Wildman–Crippen LogP) is 1.93. The molecule has 1 fully saturated rings. The summed E-state index contributed by atoms with van der Waals surface area (Å²) < 4.78 is 23.7. The summed E-state index contributed by atoms with van der Waals surface area (Å²) in [7, 11) is -3.22. The lowest BCUT2D eigenvalue weighted by Crippen LogP contribution is -2.54. The van der Waals surface area contributed by atoms with Gasteiger partial charge in [-0.25, -0.2) is 8.42 Å². The van der Waals surface area contributed by atoms with Crippen molar-refractivity contribution in [2.24, 2.45) is 5.92 Å². The molecule has 21 heavy (non-hydrogen) atoms. The number of rotatable bonds is 3. The number of piperazine rings is 1. The zero-order valence-electron chi connectivity index (χ0n) is 13.1. The molecule has 1 heterocycles. The van der Waals surface area contributed by atoms with E-state index in [0.29, 0.717) is 30.4 Å². The van der Waals surface area contributed by atoms with Crippen LogP contribution in [-0.4, -0.2) is 50.6 Å². The molecule has 1 aromatic rings. The van der Waals surface area contributed by atoms with E-state index in [1.165, 1.54) is 11.3 Å². The largest absolute Gasteiger partial charge is 0.368 e. The first-order valence-electron chi connectivity index (χ1n) is 7.21. The van der Waals surface area contributed by atoms with Gasteiger partial charge in [0, 0.05) is 31.6 Å². The maximum atomic E-state index is 11.8. The van der Waals surface area contributed by atoms with Gasteiger partial charge in [0.05, 0.1) is 10.9 Å². The van der Waals surface area contributed by atoms with Crippen LogP contribution in [0.25, 0.3) is 0 Å². The minimum atomic E-state index is -3.22. The van der Waals surface area contributed by atoms with Gasteiger partial charge in [-0.3, -0.25) is 0 Å². The van der Waals surface area contributed by atoms with Crippen LogP contribution in [0.1, 0.15) is 19.4 Å². The molecule has 2 rings (SSSR count). The van der Waals surface area contributed by atoms with E-state index in [9.17, 15) is 13.6 Å². The number of hydroxylamine groups is 2. The van der Waals surface area contributed by atoms with Crippen molar-refractivity contribution in [2.75, 3.05) is 30.8 Å². The topological polar surface area (TPSA) is 60.9 Å². The van der Waals surface area contributed by atoms with Crippen LogP contribution in [-0.2, 0) is 9.84 Å². The third kappa shape index (κ3) is 3.56. The van der Waals surface area contributed by atoms with Crippen LogP contribution in [0.3, 0.4) is 0 Å². The number of aryl methyl sites for hydroxylation is 1. The van der Waals surface area contributed by atoms with E-state index in [1.807, 2.05) is 19.1 Å². The Balaban J connectivity index is 2.31. The van der Waals surface area contributed by atoms with E-state index >= 15 is 0 Å². The molecule has 1 saturated heterocycles. The van der Waals surface area contributed by atoms with Gasteiger partial charge in [-0.1, -0.05) is 19.9 Å². The van der Waals surface area contributed by atoms with Crippen molar-refractivity contribution in [1.82, 2.24) is 5.06 Å². The van der Waals surface area contributed by atoms with Crippen molar-refractivity contribution in [3.05, 3.63) is 23.8 Å². The van der Waals surface area contributed by atoms with E-state index < -0.39 is 9.84 Å². The van der Waals surface area contributed by atoms with E-state index in [4.69, 9.17) is 0 Å². The van der Waals surface area contributed by atoms with Gasteiger partial charge < -0.3 is 10.1 Å². The Morgan fingerprint density at radius 3 is 2.52 bits per heavy atom. The fraction of sp³-hybridized carbons (Fsp3) is 0.600. The van der Waals surface area contributed by atoms with E-state index in [0.717, 1.165) is 11.3 Å². The van der Waals surface area contributed by atoms with Gasteiger partial charge in [-0.15, -0.1) is 0 Å². The first-order valence-corrected chi connectivity index (χ1v) is 9.10. The summed E-state index contributed by atoms with van der Waals surface area (Å²) in [5.41, 5.74) is 1.67. The summed E-state index contributed by atoms with van der Waals surface area (Å²) in [6.07, 6.45) is 1.24. The standard InChI is InChI=1S/C15H24N2O3S/c1-11(2)14-10-16(7-8-17(14)18)13-6-5-12(3)15(9-13)21(4,19)20/h5-6,9,11,14,18H,7-8,10H2,1-4H3/t14-/m0/s1. The highest BCUT2D eigenvalue weighted by Crippen LogP contribution is 2.26. The molecule has 0 amide bonds.